The van der Waals surface area contributed by atoms with Gasteiger partial charge < -0.3 is 10.6 Å². The van der Waals surface area contributed by atoms with E-state index in [9.17, 15) is 21.6 Å². The fourth-order valence-electron chi connectivity index (χ4n) is 1.13. The van der Waals surface area contributed by atoms with Crippen LogP contribution < -0.4 is 15.4 Å². The summed E-state index contributed by atoms with van der Waals surface area (Å²) in [5.41, 5.74) is 0. The molecule has 10 heteroatoms. The van der Waals surface area contributed by atoms with Crippen LogP contribution >= 0.6 is 0 Å². The number of sulfonamides is 1. The number of hydrogen-bond acceptors (Lipinski definition) is 3. The van der Waals surface area contributed by atoms with Gasteiger partial charge in [0.05, 0.1) is 18.7 Å². The van der Waals surface area contributed by atoms with Gasteiger partial charge in [-0.15, -0.1) is 0 Å². The molecule has 0 aromatic rings. The number of aliphatic imine (C=N–C) groups is 1. The van der Waals surface area contributed by atoms with Crippen molar-refractivity contribution in [2.75, 3.05) is 31.9 Å². The second-order valence-corrected chi connectivity index (χ2v) is 5.95. The second-order valence-electron chi connectivity index (χ2n) is 3.85. The highest BCUT2D eigenvalue weighted by Crippen LogP contribution is 2.18. The number of nitrogens with one attached hydrogen (secondary N) is 3. The van der Waals surface area contributed by atoms with E-state index in [1.165, 1.54) is 6.92 Å². The second kappa shape index (κ2) is 9.01. The van der Waals surface area contributed by atoms with Gasteiger partial charge in [-0.3, -0.25) is 4.99 Å². The summed E-state index contributed by atoms with van der Waals surface area (Å²) in [7, 11) is -3.27. The monoisotopic (exact) mass is 318 g/mol. The molecule has 0 aliphatic carbocycles. The Morgan fingerprint density at radius 3 is 2.30 bits per heavy atom. The van der Waals surface area contributed by atoms with Crippen LogP contribution in [0, 0.1) is 0 Å². The molecule has 0 bridgehead atoms. The SMILES string of the molecule is CCNC(=NCCC(F)(F)F)NCCNS(=O)(=O)CC. The topological polar surface area (TPSA) is 82.6 Å². The van der Waals surface area contributed by atoms with Crippen LogP contribution in [0.25, 0.3) is 0 Å². The Morgan fingerprint density at radius 2 is 1.80 bits per heavy atom. The molecule has 3 N–H and O–H groups in total. The molecule has 0 aromatic heterocycles. The van der Waals surface area contributed by atoms with Gasteiger partial charge in [-0.25, -0.2) is 13.1 Å². The zero-order chi connectivity index (χ0) is 15.6. The summed E-state index contributed by atoms with van der Waals surface area (Å²) in [6, 6.07) is 0. The van der Waals surface area contributed by atoms with Gasteiger partial charge in [0.15, 0.2) is 5.96 Å². The van der Waals surface area contributed by atoms with Gasteiger partial charge in [-0.05, 0) is 13.8 Å². The fourth-order valence-corrected chi connectivity index (χ4v) is 1.74. The van der Waals surface area contributed by atoms with Crippen LogP contribution in [0.1, 0.15) is 20.3 Å². The summed E-state index contributed by atoms with van der Waals surface area (Å²) in [6.45, 7) is 3.79. The number of guanidine groups is 1. The minimum Gasteiger partial charge on any atom is -0.357 e. The van der Waals surface area contributed by atoms with Gasteiger partial charge in [0.2, 0.25) is 10.0 Å². The van der Waals surface area contributed by atoms with Crippen LogP contribution in [0.4, 0.5) is 13.2 Å². The largest absolute Gasteiger partial charge is 0.390 e. The molecule has 0 radical (unpaired) electrons. The lowest BCUT2D eigenvalue weighted by Crippen LogP contribution is -2.41. The zero-order valence-corrected chi connectivity index (χ0v) is 12.4. The molecule has 20 heavy (non-hydrogen) atoms. The van der Waals surface area contributed by atoms with E-state index in [4.69, 9.17) is 0 Å². The Bertz CT molecular complexity index is 396. The smallest absolute Gasteiger partial charge is 0.357 e. The van der Waals surface area contributed by atoms with E-state index in [-0.39, 0.29) is 31.3 Å². The average molecular weight is 318 g/mol. The number of nitrogens with zero attached hydrogens (tertiary/aromatic N) is 1. The molecular weight excluding hydrogens is 297 g/mol. The van der Waals surface area contributed by atoms with Crippen LogP contribution in [-0.4, -0.2) is 52.5 Å². The van der Waals surface area contributed by atoms with E-state index in [0.29, 0.717) is 6.54 Å². The molecule has 0 rings (SSSR count). The van der Waals surface area contributed by atoms with Crippen molar-refractivity contribution in [2.24, 2.45) is 4.99 Å². The van der Waals surface area contributed by atoms with Crippen LogP contribution in [0.3, 0.4) is 0 Å². The molecule has 0 saturated heterocycles. The molecular formula is C10H21F3N4O2S. The first-order valence-corrected chi connectivity index (χ1v) is 7.91. The molecule has 0 heterocycles. The van der Waals surface area contributed by atoms with Crippen molar-refractivity contribution < 1.29 is 21.6 Å². The number of alkyl halides is 3. The number of rotatable bonds is 8. The average Bonchev–Trinajstić information content (AvgIpc) is 2.33. The van der Waals surface area contributed by atoms with Crippen molar-refractivity contribution in [1.29, 1.82) is 0 Å². The predicted octanol–water partition coefficient (Wildman–Crippen LogP) is 0.433. The summed E-state index contributed by atoms with van der Waals surface area (Å²) >= 11 is 0. The minimum absolute atomic E-state index is 0.0211. The van der Waals surface area contributed by atoms with E-state index in [1.54, 1.807) is 6.92 Å². The fraction of sp³-hybridized carbons (Fsp3) is 0.900. The van der Waals surface area contributed by atoms with Gasteiger partial charge in [0.25, 0.3) is 0 Å². The van der Waals surface area contributed by atoms with Crippen molar-refractivity contribution in [3.05, 3.63) is 0 Å². The van der Waals surface area contributed by atoms with Crippen LogP contribution in [0.2, 0.25) is 0 Å². The maximum absolute atomic E-state index is 12.0. The highest BCUT2D eigenvalue weighted by molar-refractivity contribution is 7.89. The maximum atomic E-state index is 12.0. The highest BCUT2D eigenvalue weighted by Gasteiger charge is 2.26. The van der Waals surface area contributed by atoms with E-state index >= 15 is 0 Å². The Labute approximate surface area is 117 Å². The quantitative estimate of drug-likeness (QED) is 0.344. The van der Waals surface area contributed by atoms with Crippen LogP contribution in [0.15, 0.2) is 4.99 Å². The lowest BCUT2D eigenvalue weighted by molar-refractivity contribution is -0.132. The first kappa shape index (κ1) is 19.0. The summed E-state index contributed by atoms with van der Waals surface area (Å²) < 4.78 is 60.6. The van der Waals surface area contributed by atoms with E-state index in [1.807, 2.05) is 0 Å². The van der Waals surface area contributed by atoms with Gasteiger partial charge >= 0.3 is 6.18 Å². The molecule has 0 saturated carbocycles. The number of hydrogen-bond donors (Lipinski definition) is 3. The maximum Gasteiger partial charge on any atom is 0.390 e. The molecule has 0 spiro atoms. The van der Waals surface area contributed by atoms with Crippen molar-refractivity contribution in [3.63, 3.8) is 0 Å². The molecule has 120 valence electrons. The Kier molecular flexibility index (Phi) is 8.54. The minimum atomic E-state index is -4.24. The van der Waals surface area contributed by atoms with E-state index in [0.717, 1.165) is 0 Å². The van der Waals surface area contributed by atoms with E-state index < -0.39 is 22.6 Å². The van der Waals surface area contributed by atoms with Crippen molar-refractivity contribution in [2.45, 2.75) is 26.4 Å². The Morgan fingerprint density at radius 1 is 1.15 bits per heavy atom. The molecule has 0 aromatic carbocycles. The standard InChI is InChI=1S/C10H21F3N4O2S/c1-3-14-9(15-6-5-10(11,12)13)16-7-8-17-20(18,19)4-2/h17H,3-8H2,1-2H3,(H2,14,15,16). The summed E-state index contributed by atoms with van der Waals surface area (Å²) in [4.78, 5) is 3.75. The first-order chi connectivity index (χ1) is 9.20. The van der Waals surface area contributed by atoms with Gasteiger partial charge in [0.1, 0.15) is 0 Å². The summed E-state index contributed by atoms with van der Waals surface area (Å²) in [5.74, 6) is 0.208. The third-order valence-corrected chi connectivity index (χ3v) is 3.53. The summed E-state index contributed by atoms with van der Waals surface area (Å²) in [6.07, 6.45) is -5.23. The normalized spacial score (nSPS) is 13.3. The summed E-state index contributed by atoms with van der Waals surface area (Å²) in [5, 5.41) is 5.52. The first-order valence-electron chi connectivity index (χ1n) is 6.26. The lowest BCUT2D eigenvalue weighted by atomic mass is 10.4. The van der Waals surface area contributed by atoms with Gasteiger partial charge in [-0.2, -0.15) is 13.2 Å². The molecule has 6 nitrogen and oxygen atoms in total. The lowest BCUT2D eigenvalue weighted by Gasteiger charge is -2.12. The Hall–Kier alpha value is -1.03. The van der Waals surface area contributed by atoms with Crippen LogP contribution in [0.5, 0.6) is 0 Å². The molecule has 0 aliphatic heterocycles. The van der Waals surface area contributed by atoms with Gasteiger partial charge in [-0.1, -0.05) is 0 Å². The molecule has 0 fully saturated rings. The third-order valence-electron chi connectivity index (χ3n) is 2.13. The zero-order valence-electron chi connectivity index (χ0n) is 11.5. The van der Waals surface area contributed by atoms with Crippen LogP contribution in [-0.2, 0) is 10.0 Å². The van der Waals surface area contributed by atoms with Gasteiger partial charge in [0, 0.05) is 19.6 Å². The number of halogens is 3. The van der Waals surface area contributed by atoms with Crippen molar-refractivity contribution >= 4 is 16.0 Å². The highest BCUT2D eigenvalue weighted by atomic mass is 32.2. The molecule has 0 atom stereocenters. The molecule has 0 aliphatic rings. The van der Waals surface area contributed by atoms with Crippen molar-refractivity contribution in [3.8, 4) is 0 Å². The van der Waals surface area contributed by atoms with E-state index in [2.05, 4.69) is 20.3 Å². The Balaban J connectivity index is 4.11. The van der Waals surface area contributed by atoms with Crippen molar-refractivity contribution in [1.82, 2.24) is 15.4 Å². The molecule has 0 unspecified atom stereocenters. The molecule has 0 amide bonds. The predicted molar refractivity (Wildman–Crippen MR) is 72.1 cm³/mol. The third kappa shape index (κ3) is 10.9.